The number of nitrogens with zero attached hydrogens (tertiary/aromatic N) is 1. The molecule has 1 amide bonds. The van der Waals surface area contributed by atoms with Gasteiger partial charge in [0.2, 0.25) is 0 Å². The maximum Gasteiger partial charge on any atom is 0.251 e. The molecular weight excluding hydrogens is 438 g/mol. The summed E-state index contributed by atoms with van der Waals surface area (Å²) in [6.07, 6.45) is 0.893. The number of benzene rings is 1. The fourth-order valence-corrected chi connectivity index (χ4v) is 1.94. The minimum Gasteiger partial charge on any atom is -0.382 e. The first-order chi connectivity index (χ1) is 11.6. The molecule has 0 heterocycles. The highest BCUT2D eigenvalue weighted by molar-refractivity contribution is 14.0. The normalized spacial score (nSPS) is 10.8. The summed E-state index contributed by atoms with van der Waals surface area (Å²) < 4.78 is 18.7. The Hall–Kier alpha value is -1.42. The first-order valence-electron chi connectivity index (χ1n) is 8.15. The molecule has 0 unspecified atom stereocenters. The number of carbonyl (C=O) groups is 1. The highest BCUT2D eigenvalue weighted by Gasteiger charge is 2.07. The van der Waals surface area contributed by atoms with E-state index in [1.165, 1.54) is 6.07 Å². The van der Waals surface area contributed by atoms with E-state index >= 15 is 0 Å². The number of nitrogens with one attached hydrogen (secondary N) is 3. The average molecular weight is 466 g/mol. The quantitative estimate of drug-likeness (QED) is 0.226. The summed E-state index contributed by atoms with van der Waals surface area (Å²) in [5.74, 6) is -0.00470. The molecule has 0 radical (unpaired) electrons. The lowest BCUT2D eigenvalue weighted by atomic mass is 10.1. The van der Waals surface area contributed by atoms with Crippen molar-refractivity contribution in [3.8, 4) is 0 Å². The molecule has 0 saturated heterocycles. The van der Waals surface area contributed by atoms with Gasteiger partial charge in [-0.15, -0.1) is 24.0 Å². The summed E-state index contributed by atoms with van der Waals surface area (Å²) in [6.45, 7) is 6.75. The Morgan fingerprint density at radius 2 is 1.88 bits per heavy atom. The smallest absolute Gasteiger partial charge is 0.251 e. The monoisotopic (exact) mass is 466 g/mol. The van der Waals surface area contributed by atoms with Gasteiger partial charge in [-0.05, 0) is 38.0 Å². The molecule has 0 aliphatic heterocycles. The Bertz CT molecular complexity index is 555. The van der Waals surface area contributed by atoms with Crippen LogP contribution in [0.1, 0.15) is 29.3 Å². The topological polar surface area (TPSA) is 74.8 Å². The van der Waals surface area contributed by atoms with Crippen molar-refractivity contribution >= 4 is 35.8 Å². The SMILES string of the molecule is CCOCCCNC(=NC)NCCNC(=O)c1ccc(C)c(F)c1.I. The molecule has 0 atom stereocenters. The van der Waals surface area contributed by atoms with Gasteiger partial charge in [-0.3, -0.25) is 9.79 Å². The van der Waals surface area contributed by atoms with E-state index in [2.05, 4.69) is 20.9 Å². The summed E-state index contributed by atoms with van der Waals surface area (Å²) >= 11 is 0. The van der Waals surface area contributed by atoms with E-state index in [4.69, 9.17) is 4.74 Å². The largest absolute Gasteiger partial charge is 0.382 e. The van der Waals surface area contributed by atoms with E-state index in [0.717, 1.165) is 19.6 Å². The summed E-state index contributed by atoms with van der Waals surface area (Å²) in [5.41, 5.74) is 0.837. The lowest BCUT2D eigenvalue weighted by Crippen LogP contribution is -2.42. The molecule has 1 rings (SSSR count). The van der Waals surface area contributed by atoms with Crippen LogP contribution in [0.2, 0.25) is 0 Å². The molecule has 0 fully saturated rings. The number of rotatable bonds is 9. The molecular formula is C17H28FIN4O2. The molecule has 0 aromatic heterocycles. The van der Waals surface area contributed by atoms with Gasteiger partial charge in [0.15, 0.2) is 5.96 Å². The zero-order valence-corrected chi connectivity index (χ0v) is 17.4. The van der Waals surface area contributed by atoms with E-state index in [0.29, 0.717) is 36.8 Å². The third-order valence-electron chi connectivity index (χ3n) is 3.32. The Morgan fingerprint density at radius 1 is 1.20 bits per heavy atom. The van der Waals surface area contributed by atoms with Crippen molar-refractivity contribution in [1.82, 2.24) is 16.0 Å². The molecule has 0 aliphatic rings. The van der Waals surface area contributed by atoms with Gasteiger partial charge < -0.3 is 20.7 Å². The number of aliphatic imine (C=N–C) groups is 1. The number of halogens is 2. The molecule has 142 valence electrons. The van der Waals surface area contributed by atoms with Gasteiger partial charge in [-0.2, -0.15) is 0 Å². The van der Waals surface area contributed by atoms with Crippen molar-refractivity contribution in [1.29, 1.82) is 0 Å². The van der Waals surface area contributed by atoms with Crippen LogP contribution < -0.4 is 16.0 Å². The molecule has 1 aromatic carbocycles. The predicted molar refractivity (Wildman–Crippen MR) is 109 cm³/mol. The summed E-state index contributed by atoms with van der Waals surface area (Å²) in [4.78, 5) is 16.0. The van der Waals surface area contributed by atoms with Gasteiger partial charge in [0, 0.05) is 45.5 Å². The van der Waals surface area contributed by atoms with Crippen LogP contribution in [0.3, 0.4) is 0 Å². The second kappa shape index (κ2) is 13.8. The van der Waals surface area contributed by atoms with Crippen molar-refractivity contribution in [2.75, 3.05) is 39.9 Å². The van der Waals surface area contributed by atoms with Gasteiger partial charge in [-0.25, -0.2) is 4.39 Å². The number of hydrogen-bond acceptors (Lipinski definition) is 3. The van der Waals surface area contributed by atoms with Gasteiger partial charge >= 0.3 is 0 Å². The van der Waals surface area contributed by atoms with Crippen LogP contribution in [0.25, 0.3) is 0 Å². The second-order valence-electron chi connectivity index (χ2n) is 5.20. The first kappa shape index (κ1) is 23.6. The predicted octanol–water partition coefficient (Wildman–Crippen LogP) is 2.07. The fourth-order valence-electron chi connectivity index (χ4n) is 1.94. The lowest BCUT2D eigenvalue weighted by Gasteiger charge is -2.12. The molecule has 0 aliphatic carbocycles. The van der Waals surface area contributed by atoms with Crippen LogP contribution in [0.15, 0.2) is 23.2 Å². The Balaban J connectivity index is 0.00000576. The summed E-state index contributed by atoms with van der Waals surface area (Å²) in [5, 5.41) is 8.99. The minimum atomic E-state index is -0.377. The number of hydrogen-bond donors (Lipinski definition) is 3. The Morgan fingerprint density at radius 3 is 2.52 bits per heavy atom. The zero-order valence-electron chi connectivity index (χ0n) is 15.0. The van der Waals surface area contributed by atoms with Gasteiger partial charge in [0.25, 0.3) is 5.91 Å². The maximum absolute atomic E-state index is 13.5. The first-order valence-corrected chi connectivity index (χ1v) is 8.15. The highest BCUT2D eigenvalue weighted by atomic mass is 127. The number of amides is 1. The molecule has 0 bridgehead atoms. The number of aryl methyl sites for hydroxylation is 1. The molecule has 25 heavy (non-hydrogen) atoms. The van der Waals surface area contributed by atoms with Gasteiger partial charge in [0.05, 0.1) is 0 Å². The number of carbonyl (C=O) groups excluding carboxylic acids is 1. The lowest BCUT2D eigenvalue weighted by molar-refractivity contribution is 0.0954. The minimum absolute atomic E-state index is 0. The highest BCUT2D eigenvalue weighted by Crippen LogP contribution is 2.08. The van der Waals surface area contributed by atoms with Crippen LogP contribution in [0, 0.1) is 12.7 Å². The van der Waals surface area contributed by atoms with Crippen molar-refractivity contribution < 1.29 is 13.9 Å². The van der Waals surface area contributed by atoms with Crippen LogP contribution in [0.5, 0.6) is 0 Å². The van der Waals surface area contributed by atoms with Crippen molar-refractivity contribution in [3.05, 3.63) is 35.1 Å². The van der Waals surface area contributed by atoms with E-state index < -0.39 is 0 Å². The molecule has 3 N–H and O–H groups in total. The molecule has 0 spiro atoms. The van der Waals surface area contributed by atoms with Crippen molar-refractivity contribution in [3.63, 3.8) is 0 Å². The molecule has 8 heteroatoms. The Labute approximate surface area is 166 Å². The van der Waals surface area contributed by atoms with Crippen molar-refractivity contribution in [2.24, 2.45) is 4.99 Å². The zero-order chi connectivity index (χ0) is 17.8. The molecule has 0 saturated carbocycles. The van der Waals surface area contributed by atoms with Crippen LogP contribution >= 0.6 is 24.0 Å². The van der Waals surface area contributed by atoms with Crippen LogP contribution in [-0.2, 0) is 4.74 Å². The average Bonchev–Trinajstić information content (AvgIpc) is 2.58. The molecule has 6 nitrogen and oxygen atoms in total. The summed E-state index contributed by atoms with van der Waals surface area (Å²) in [6, 6.07) is 4.45. The third-order valence-corrected chi connectivity index (χ3v) is 3.32. The fraction of sp³-hybridized carbons (Fsp3) is 0.529. The Kier molecular flexibility index (Phi) is 13.0. The van der Waals surface area contributed by atoms with E-state index in [1.807, 2.05) is 6.92 Å². The van der Waals surface area contributed by atoms with Crippen LogP contribution in [-0.4, -0.2) is 51.8 Å². The second-order valence-corrected chi connectivity index (χ2v) is 5.20. The number of ether oxygens (including phenoxy) is 1. The van der Waals surface area contributed by atoms with Crippen molar-refractivity contribution in [2.45, 2.75) is 20.3 Å². The number of guanidine groups is 1. The summed E-state index contributed by atoms with van der Waals surface area (Å²) in [7, 11) is 1.69. The van der Waals surface area contributed by atoms with Crippen LogP contribution in [0.4, 0.5) is 4.39 Å². The standard InChI is InChI=1S/C17H27FN4O2.HI/c1-4-24-11-5-8-21-17(19-3)22-10-9-20-16(23)14-7-6-13(2)15(18)12-14;/h6-7,12H,4-5,8-11H2,1-3H3,(H,20,23)(H2,19,21,22);1H. The van der Waals surface area contributed by atoms with E-state index in [1.54, 1.807) is 26.1 Å². The third kappa shape index (κ3) is 9.59. The molecule has 1 aromatic rings. The maximum atomic E-state index is 13.5. The van der Waals surface area contributed by atoms with Gasteiger partial charge in [0.1, 0.15) is 5.82 Å². The van der Waals surface area contributed by atoms with E-state index in [9.17, 15) is 9.18 Å². The van der Waals surface area contributed by atoms with Gasteiger partial charge in [-0.1, -0.05) is 6.07 Å². The van der Waals surface area contributed by atoms with E-state index in [-0.39, 0.29) is 35.7 Å².